The molecule has 0 unspecified atom stereocenters. The molecular weight excluding hydrogens is 300 g/mol. The van der Waals surface area contributed by atoms with E-state index < -0.39 is 10.0 Å². The summed E-state index contributed by atoms with van der Waals surface area (Å²) in [5, 5.41) is 2.84. The third-order valence-electron chi connectivity index (χ3n) is 2.95. The Hall–Kier alpha value is -1.40. The van der Waals surface area contributed by atoms with E-state index in [2.05, 4.69) is 10.0 Å². The molecule has 1 aromatic rings. The van der Waals surface area contributed by atoms with Crippen molar-refractivity contribution in [2.45, 2.75) is 52.5 Å². The van der Waals surface area contributed by atoms with Gasteiger partial charge in [-0.15, -0.1) is 0 Å². The van der Waals surface area contributed by atoms with Crippen LogP contribution in [0.5, 0.6) is 0 Å². The van der Waals surface area contributed by atoms with Crippen molar-refractivity contribution in [3.63, 3.8) is 0 Å². The van der Waals surface area contributed by atoms with Gasteiger partial charge >= 0.3 is 0 Å². The number of amides is 1. The van der Waals surface area contributed by atoms with Crippen LogP contribution in [0.15, 0.2) is 24.3 Å². The molecule has 0 aliphatic carbocycles. The lowest BCUT2D eigenvalue weighted by molar-refractivity contribution is -0.121. The third-order valence-corrected chi connectivity index (χ3v) is 4.47. The number of benzene rings is 1. The topological polar surface area (TPSA) is 75.3 Å². The van der Waals surface area contributed by atoms with Crippen LogP contribution in [0.25, 0.3) is 0 Å². The summed E-state index contributed by atoms with van der Waals surface area (Å²) in [7, 11) is -3.38. The summed E-state index contributed by atoms with van der Waals surface area (Å²) in [5.41, 5.74) is 1.54. The molecule has 1 amide bonds. The fraction of sp³-hybridized carbons (Fsp3) is 0.562. The molecule has 22 heavy (non-hydrogen) atoms. The molecule has 124 valence electrons. The highest BCUT2D eigenvalue weighted by Crippen LogP contribution is 2.12. The SMILES string of the molecule is CC(C)CC(=O)NCc1ccccc1CS(=O)(=O)NC(C)C. The first-order chi connectivity index (χ1) is 10.2. The predicted molar refractivity (Wildman–Crippen MR) is 88.6 cm³/mol. The van der Waals surface area contributed by atoms with Crippen molar-refractivity contribution >= 4 is 15.9 Å². The van der Waals surface area contributed by atoms with Crippen LogP contribution in [0.2, 0.25) is 0 Å². The summed E-state index contributed by atoms with van der Waals surface area (Å²) >= 11 is 0. The summed E-state index contributed by atoms with van der Waals surface area (Å²) in [5.74, 6) is 0.195. The second kappa shape index (κ2) is 8.29. The summed E-state index contributed by atoms with van der Waals surface area (Å²) in [4.78, 5) is 11.7. The third kappa shape index (κ3) is 7.04. The van der Waals surface area contributed by atoms with Gasteiger partial charge < -0.3 is 5.32 Å². The number of hydrogen-bond donors (Lipinski definition) is 2. The summed E-state index contributed by atoms with van der Waals surface area (Å²) in [6.07, 6.45) is 0.468. The van der Waals surface area contributed by atoms with Crippen molar-refractivity contribution in [2.75, 3.05) is 0 Å². The molecule has 0 saturated carbocycles. The zero-order chi connectivity index (χ0) is 16.8. The van der Waals surface area contributed by atoms with Crippen molar-refractivity contribution in [1.82, 2.24) is 10.0 Å². The molecular formula is C16H26N2O3S. The molecule has 6 heteroatoms. The minimum Gasteiger partial charge on any atom is -0.352 e. The maximum absolute atomic E-state index is 12.0. The van der Waals surface area contributed by atoms with Gasteiger partial charge in [0.25, 0.3) is 0 Å². The molecule has 0 aromatic heterocycles. The molecule has 0 aliphatic rings. The van der Waals surface area contributed by atoms with E-state index in [4.69, 9.17) is 0 Å². The van der Waals surface area contributed by atoms with Gasteiger partial charge in [0.2, 0.25) is 15.9 Å². The quantitative estimate of drug-likeness (QED) is 0.769. The average molecular weight is 326 g/mol. The van der Waals surface area contributed by atoms with Crippen molar-refractivity contribution < 1.29 is 13.2 Å². The molecule has 0 atom stereocenters. The molecule has 5 nitrogen and oxygen atoms in total. The Morgan fingerprint density at radius 3 is 2.23 bits per heavy atom. The van der Waals surface area contributed by atoms with Crippen LogP contribution in [0, 0.1) is 5.92 Å². The largest absolute Gasteiger partial charge is 0.352 e. The van der Waals surface area contributed by atoms with Crippen molar-refractivity contribution in [3.05, 3.63) is 35.4 Å². The van der Waals surface area contributed by atoms with Gasteiger partial charge in [0.1, 0.15) is 0 Å². The second-order valence-electron chi connectivity index (χ2n) is 6.18. The van der Waals surface area contributed by atoms with Gasteiger partial charge in [-0.1, -0.05) is 38.1 Å². The zero-order valence-electron chi connectivity index (χ0n) is 13.7. The predicted octanol–water partition coefficient (Wildman–Crippen LogP) is 2.18. The molecule has 0 spiro atoms. The number of nitrogens with one attached hydrogen (secondary N) is 2. The molecule has 0 heterocycles. The first kappa shape index (κ1) is 18.6. The Morgan fingerprint density at radius 2 is 1.68 bits per heavy atom. The molecule has 0 bridgehead atoms. The molecule has 0 aliphatic heterocycles. The standard InChI is InChI=1S/C16H26N2O3S/c1-12(2)9-16(19)17-10-14-7-5-6-8-15(14)11-22(20,21)18-13(3)4/h5-8,12-13,18H,9-11H2,1-4H3,(H,17,19). The van der Waals surface area contributed by atoms with Gasteiger partial charge in [0, 0.05) is 19.0 Å². The second-order valence-corrected chi connectivity index (χ2v) is 7.93. The normalized spacial score (nSPS) is 11.9. The lowest BCUT2D eigenvalue weighted by atomic mass is 10.1. The fourth-order valence-corrected chi connectivity index (χ4v) is 3.61. The van der Waals surface area contributed by atoms with Crippen molar-refractivity contribution in [1.29, 1.82) is 0 Å². The Balaban J connectivity index is 2.76. The van der Waals surface area contributed by atoms with E-state index >= 15 is 0 Å². The molecule has 1 rings (SSSR count). The summed E-state index contributed by atoms with van der Waals surface area (Å²) < 4.78 is 26.7. The molecule has 2 N–H and O–H groups in total. The van der Waals surface area contributed by atoms with Crippen LogP contribution in [-0.2, 0) is 27.1 Å². The lowest BCUT2D eigenvalue weighted by Gasteiger charge is -2.13. The monoisotopic (exact) mass is 326 g/mol. The number of hydrogen-bond acceptors (Lipinski definition) is 3. The van der Waals surface area contributed by atoms with E-state index in [9.17, 15) is 13.2 Å². The van der Waals surface area contributed by atoms with Crippen LogP contribution in [0.4, 0.5) is 0 Å². The van der Waals surface area contributed by atoms with Crippen LogP contribution in [0.3, 0.4) is 0 Å². The van der Waals surface area contributed by atoms with Crippen molar-refractivity contribution in [3.8, 4) is 0 Å². The highest BCUT2D eigenvalue weighted by atomic mass is 32.2. The maximum Gasteiger partial charge on any atom is 0.220 e. The van der Waals surface area contributed by atoms with Gasteiger partial charge in [0.05, 0.1) is 5.75 Å². The highest BCUT2D eigenvalue weighted by molar-refractivity contribution is 7.88. The number of sulfonamides is 1. The summed E-state index contributed by atoms with van der Waals surface area (Å²) in [6, 6.07) is 7.14. The van der Waals surface area contributed by atoms with Gasteiger partial charge in [-0.25, -0.2) is 13.1 Å². The van der Waals surface area contributed by atoms with E-state index in [1.165, 1.54) is 0 Å². The molecule has 0 saturated heterocycles. The van der Waals surface area contributed by atoms with E-state index in [0.29, 0.717) is 24.4 Å². The fourth-order valence-electron chi connectivity index (χ4n) is 2.11. The molecule has 0 fully saturated rings. The van der Waals surface area contributed by atoms with Crippen LogP contribution in [0.1, 0.15) is 45.2 Å². The molecule has 0 radical (unpaired) electrons. The molecule has 1 aromatic carbocycles. The van der Waals surface area contributed by atoms with Crippen LogP contribution < -0.4 is 10.0 Å². The summed E-state index contributed by atoms with van der Waals surface area (Å²) in [6.45, 7) is 7.89. The van der Waals surface area contributed by atoms with Gasteiger partial charge in [-0.2, -0.15) is 0 Å². The Kier molecular flexibility index (Phi) is 7.03. The zero-order valence-corrected chi connectivity index (χ0v) is 14.5. The van der Waals surface area contributed by atoms with Crippen LogP contribution in [-0.4, -0.2) is 20.4 Å². The average Bonchev–Trinajstić information content (AvgIpc) is 2.34. The van der Waals surface area contributed by atoms with E-state index in [1.54, 1.807) is 26.0 Å². The van der Waals surface area contributed by atoms with E-state index in [1.807, 2.05) is 26.0 Å². The Bertz CT molecular complexity index is 595. The number of carbonyl (C=O) groups is 1. The lowest BCUT2D eigenvalue weighted by Crippen LogP contribution is -2.32. The van der Waals surface area contributed by atoms with Crippen LogP contribution >= 0.6 is 0 Å². The first-order valence-corrected chi connectivity index (χ1v) is 9.18. The smallest absolute Gasteiger partial charge is 0.220 e. The van der Waals surface area contributed by atoms with E-state index in [-0.39, 0.29) is 17.7 Å². The van der Waals surface area contributed by atoms with Crippen molar-refractivity contribution in [2.24, 2.45) is 5.92 Å². The minimum absolute atomic E-state index is 0.0204. The van der Waals surface area contributed by atoms with Gasteiger partial charge in [-0.3, -0.25) is 4.79 Å². The van der Waals surface area contributed by atoms with Gasteiger partial charge in [-0.05, 0) is 30.9 Å². The first-order valence-electron chi connectivity index (χ1n) is 7.53. The van der Waals surface area contributed by atoms with E-state index in [0.717, 1.165) is 5.56 Å². The maximum atomic E-state index is 12.0. The Morgan fingerprint density at radius 1 is 1.09 bits per heavy atom. The Labute approximate surface area is 133 Å². The highest BCUT2D eigenvalue weighted by Gasteiger charge is 2.15. The number of rotatable bonds is 8. The number of carbonyl (C=O) groups excluding carboxylic acids is 1. The minimum atomic E-state index is -3.38. The van der Waals surface area contributed by atoms with Gasteiger partial charge in [0.15, 0.2) is 0 Å².